The van der Waals surface area contributed by atoms with Crippen LogP contribution >= 0.6 is 0 Å². The fourth-order valence-corrected chi connectivity index (χ4v) is 2.08. The molecule has 1 heterocycles. The van der Waals surface area contributed by atoms with Crippen molar-refractivity contribution >= 4 is 11.7 Å². The Morgan fingerprint density at radius 3 is 2.94 bits per heavy atom. The number of hydrogen-bond donors (Lipinski definition) is 1. The Bertz CT molecular complexity index is 381. The second kappa shape index (κ2) is 4.55. The molecule has 0 bridgehead atoms. The zero-order valence-electron chi connectivity index (χ0n) is 9.48. The van der Waals surface area contributed by atoms with E-state index in [1.54, 1.807) is 4.68 Å². The summed E-state index contributed by atoms with van der Waals surface area (Å²) in [4.78, 5) is 11.9. The van der Waals surface area contributed by atoms with Crippen LogP contribution in [-0.2, 0) is 11.3 Å². The zero-order chi connectivity index (χ0) is 11.5. The summed E-state index contributed by atoms with van der Waals surface area (Å²) in [5.74, 6) is -0.344. The van der Waals surface area contributed by atoms with Crippen LogP contribution in [0.1, 0.15) is 43.1 Å². The highest BCUT2D eigenvalue weighted by molar-refractivity contribution is 5.93. The molecule has 5 nitrogen and oxygen atoms in total. The Morgan fingerprint density at radius 1 is 1.62 bits per heavy atom. The van der Waals surface area contributed by atoms with E-state index in [0.717, 1.165) is 25.7 Å². The second-order valence-electron chi connectivity index (χ2n) is 4.08. The number of esters is 1. The van der Waals surface area contributed by atoms with Gasteiger partial charge in [-0.15, -0.1) is 0 Å². The van der Waals surface area contributed by atoms with E-state index in [9.17, 15) is 4.79 Å². The molecule has 1 aliphatic rings. The number of carbonyl (C=O) groups excluding carboxylic acids is 1. The SMILES string of the molecule is CCn1ncc(N)c1C(=O)OC1CCCC1. The predicted octanol–water partition coefficient (Wildman–Crippen LogP) is 1.58. The van der Waals surface area contributed by atoms with Crippen LogP contribution in [0.4, 0.5) is 5.69 Å². The number of hydrogen-bond acceptors (Lipinski definition) is 4. The average molecular weight is 223 g/mol. The third kappa shape index (κ3) is 2.03. The molecule has 1 saturated carbocycles. The first-order valence-electron chi connectivity index (χ1n) is 5.74. The molecule has 0 atom stereocenters. The van der Waals surface area contributed by atoms with Crippen molar-refractivity contribution in [3.63, 3.8) is 0 Å². The van der Waals surface area contributed by atoms with E-state index < -0.39 is 0 Å². The van der Waals surface area contributed by atoms with E-state index in [1.807, 2.05) is 6.92 Å². The summed E-state index contributed by atoms with van der Waals surface area (Å²) in [7, 11) is 0. The summed E-state index contributed by atoms with van der Waals surface area (Å²) in [5, 5.41) is 4.02. The lowest BCUT2D eigenvalue weighted by atomic mass is 10.3. The van der Waals surface area contributed by atoms with Gasteiger partial charge in [-0.25, -0.2) is 4.79 Å². The zero-order valence-corrected chi connectivity index (χ0v) is 9.48. The van der Waals surface area contributed by atoms with Crippen molar-refractivity contribution in [3.8, 4) is 0 Å². The van der Waals surface area contributed by atoms with Gasteiger partial charge in [0, 0.05) is 6.54 Å². The van der Waals surface area contributed by atoms with Crippen molar-refractivity contribution in [2.45, 2.75) is 45.3 Å². The first-order chi connectivity index (χ1) is 7.72. The summed E-state index contributed by atoms with van der Waals surface area (Å²) in [6, 6.07) is 0. The van der Waals surface area contributed by atoms with Gasteiger partial charge in [-0.1, -0.05) is 0 Å². The van der Waals surface area contributed by atoms with E-state index in [-0.39, 0.29) is 12.1 Å². The molecule has 1 fully saturated rings. The van der Waals surface area contributed by atoms with Gasteiger partial charge in [-0.3, -0.25) is 4.68 Å². The van der Waals surface area contributed by atoms with Crippen LogP contribution in [0.15, 0.2) is 6.20 Å². The maximum absolute atomic E-state index is 11.9. The Hall–Kier alpha value is -1.52. The highest BCUT2D eigenvalue weighted by Gasteiger charge is 2.23. The average Bonchev–Trinajstić information content (AvgIpc) is 2.87. The van der Waals surface area contributed by atoms with Gasteiger partial charge >= 0.3 is 5.97 Å². The fraction of sp³-hybridized carbons (Fsp3) is 0.636. The molecule has 1 aromatic heterocycles. The van der Waals surface area contributed by atoms with Crippen LogP contribution in [-0.4, -0.2) is 21.9 Å². The lowest BCUT2D eigenvalue weighted by Gasteiger charge is -2.12. The molecule has 0 aliphatic heterocycles. The predicted molar refractivity (Wildman–Crippen MR) is 60.0 cm³/mol. The van der Waals surface area contributed by atoms with Crippen molar-refractivity contribution in [3.05, 3.63) is 11.9 Å². The number of nitrogen functional groups attached to an aromatic ring is 1. The number of anilines is 1. The molecule has 0 radical (unpaired) electrons. The van der Waals surface area contributed by atoms with Crippen molar-refractivity contribution in [1.82, 2.24) is 9.78 Å². The van der Waals surface area contributed by atoms with Gasteiger partial charge in [-0.2, -0.15) is 5.10 Å². The van der Waals surface area contributed by atoms with Gasteiger partial charge in [0.25, 0.3) is 0 Å². The summed E-state index contributed by atoms with van der Waals surface area (Å²) >= 11 is 0. The quantitative estimate of drug-likeness (QED) is 0.790. The molecule has 2 rings (SSSR count). The van der Waals surface area contributed by atoms with E-state index in [2.05, 4.69) is 5.10 Å². The lowest BCUT2D eigenvalue weighted by molar-refractivity contribution is 0.0305. The van der Waals surface area contributed by atoms with Crippen LogP contribution < -0.4 is 5.73 Å². The minimum absolute atomic E-state index is 0.0621. The number of nitrogens with two attached hydrogens (primary N) is 1. The van der Waals surface area contributed by atoms with E-state index >= 15 is 0 Å². The summed E-state index contributed by atoms with van der Waals surface area (Å²) < 4.78 is 6.98. The summed E-state index contributed by atoms with van der Waals surface area (Å²) in [6.07, 6.45) is 5.76. The minimum atomic E-state index is -0.344. The number of nitrogens with zero attached hydrogens (tertiary/aromatic N) is 2. The van der Waals surface area contributed by atoms with Crippen molar-refractivity contribution in [1.29, 1.82) is 0 Å². The second-order valence-corrected chi connectivity index (χ2v) is 4.08. The molecule has 16 heavy (non-hydrogen) atoms. The fourth-order valence-electron chi connectivity index (χ4n) is 2.08. The number of aromatic nitrogens is 2. The summed E-state index contributed by atoms with van der Waals surface area (Å²) in [5.41, 5.74) is 6.49. The summed E-state index contributed by atoms with van der Waals surface area (Å²) in [6.45, 7) is 2.53. The van der Waals surface area contributed by atoms with Crippen molar-refractivity contribution in [2.24, 2.45) is 0 Å². The molecule has 1 aliphatic carbocycles. The van der Waals surface area contributed by atoms with Gasteiger partial charge in [-0.05, 0) is 32.6 Å². The number of rotatable bonds is 3. The molecule has 0 amide bonds. The Balaban J connectivity index is 2.10. The molecular formula is C11H17N3O2. The van der Waals surface area contributed by atoms with Gasteiger partial charge in [0.1, 0.15) is 6.10 Å². The van der Waals surface area contributed by atoms with Crippen LogP contribution in [0, 0.1) is 0 Å². The third-order valence-electron chi connectivity index (χ3n) is 2.94. The normalized spacial score (nSPS) is 16.6. The maximum Gasteiger partial charge on any atom is 0.359 e. The van der Waals surface area contributed by atoms with Crippen LogP contribution in [0.2, 0.25) is 0 Å². The Kier molecular flexibility index (Phi) is 3.12. The van der Waals surface area contributed by atoms with Crippen molar-refractivity contribution < 1.29 is 9.53 Å². The third-order valence-corrected chi connectivity index (χ3v) is 2.94. The largest absolute Gasteiger partial charge is 0.458 e. The molecular weight excluding hydrogens is 206 g/mol. The molecule has 0 spiro atoms. The Morgan fingerprint density at radius 2 is 2.31 bits per heavy atom. The smallest absolute Gasteiger partial charge is 0.359 e. The number of aryl methyl sites for hydroxylation is 1. The minimum Gasteiger partial charge on any atom is -0.458 e. The maximum atomic E-state index is 11.9. The van der Waals surface area contributed by atoms with Gasteiger partial charge in [0.2, 0.25) is 0 Å². The van der Waals surface area contributed by atoms with E-state index in [0.29, 0.717) is 17.9 Å². The topological polar surface area (TPSA) is 70.1 Å². The number of ether oxygens (including phenoxy) is 1. The molecule has 2 N–H and O–H groups in total. The van der Waals surface area contributed by atoms with Gasteiger partial charge in [0.15, 0.2) is 5.69 Å². The molecule has 0 saturated heterocycles. The van der Waals surface area contributed by atoms with Crippen LogP contribution in [0.25, 0.3) is 0 Å². The Labute approximate surface area is 94.6 Å². The van der Waals surface area contributed by atoms with Crippen LogP contribution in [0.5, 0.6) is 0 Å². The van der Waals surface area contributed by atoms with Gasteiger partial charge < -0.3 is 10.5 Å². The van der Waals surface area contributed by atoms with Gasteiger partial charge in [0.05, 0.1) is 11.9 Å². The highest BCUT2D eigenvalue weighted by atomic mass is 16.5. The molecule has 1 aromatic rings. The van der Waals surface area contributed by atoms with Crippen molar-refractivity contribution in [2.75, 3.05) is 5.73 Å². The standard InChI is InChI=1S/C11H17N3O2/c1-2-14-10(9(12)7-13-14)11(15)16-8-5-3-4-6-8/h7-8H,2-6,12H2,1H3. The first kappa shape index (κ1) is 11.0. The van der Waals surface area contributed by atoms with E-state index in [4.69, 9.17) is 10.5 Å². The monoisotopic (exact) mass is 223 g/mol. The molecule has 5 heteroatoms. The molecule has 0 unspecified atom stereocenters. The van der Waals surface area contributed by atoms with Crippen LogP contribution in [0.3, 0.4) is 0 Å². The highest BCUT2D eigenvalue weighted by Crippen LogP contribution is 2.23. The van der Waals surface area contributed by atoms with E-state index in [1.165, 1.54) is 6.20 Å². The first-order valence-corrected chi connectivity index (χ1v) is 5.74. The molecule has 0 aromatic carbocycles. The molecule has 88 valence electrons. The number of carbonyl (C=O) groups is 1. The lowest BCUT2D eigenvalue weighted by Crippen LogP contribution is -2.19.